The maximum absolute atomic E-state index is 3.68. The lowest BCUT2D eigenvalue weighted by Crippen LogP contribution is -2.43. The molecule has 1 unspecified atom stereocenters. The molecule has 0 aromatic rings. The highest BCUT2D eigenvalue weighted by Crippen LogP contribution is 2.39. The first-order chi connectivity index (χ1) is 9.95. The Bertz CT molecular complexity index is 297. The van der Waals surface area contributed by atoms with E-state index < -0.39 is 0 Å². The molecule has 0 bridgehead atoms. The second kappa shape index (κ2) is 7.46. The summed E-state index contributed by atoms with van der Waals surface area (Å²) in [4.78, 5) is 2.79. The molecule has 1 aliphatic carbocycles. The largest absolute Gasteiger partial charge is 0.316 e. The first kappa shape index (κ1) is 17.3. The van der Waals surface area contributed by atoms with Gasteiger partial charge in [-0.05, 0) is 49.1 Å². The van der Waals surface area contributed by atoms with Gasteiger partial charge in [0.15, 0.2) is 0 Å². The minimum absolute atomic E-state index is 0.479. The summed E-state index contributed by atoms with van der Waals surface area (Å²) < 4.78 is 0. The zero-order chi connectivity index (χ0) is 15.3. The van der Waals surface area contributed by atoms with Gasteiger partial charge in [0, 0.05) is 19.6 Å². The van der Waals surface area contributed by atoms with Crippen molar-refractivity contribution in [1.29, 1.82) is 0 Å². The van der Waals surface area contributed by atoms with Crippen molar-refractivity contribution >= 4 is 0 Å². The van der Waals surface area contributed by atoms with Gasteiger partial charge in [-0.2, -0.15) is 0 Å². The topological polar surface area (TPSA) is 15.3 Å². The second-order valence-corrected chi connectivity index (χ2v) is 8.78. The Labute approximate surface area is 133 Å². The van der Waals surface area contributed by atoms with Crippen LogP contribution in [0.15, 0.2) is 0 Å². The first-order valence-electron chi connectivity index (χ1n) is 9.38. The highest BCUT2D eigenvalue weighted by molar-refractivity contribution is 4.91. The molecule has 1 saturated heterocycles. The highest BCUT2D eigenvalue weighted by atomic mass is 15.2. The van der Waals surface area contributed by atoms with Crippen molar-refractivity contribution in [2.24, 2.45) is 16.7 Å². The third-order valence-electron chi connectivity index (χ3n) is 5.97. The van der Waals surface area contributed by atoms with Gasteiger partial charge in [0.25, 0.3) is 0 Å². The average molecular weight is 295 g/mol. The molecular formula is C19H38N2. The van der Waals surface area contributed by atoms with Crippen molar-refractivity contribution in [3.63, 3.8) is 0 Å². The van der Waals surface area contributed by atoms with E-state index in [0.29, 0.717) is 10.8 Å². The predicted molar refractivity (Wildman–Crippen MR) is 92.7 cm³/mol. The van der Waals surface area contributed by atoms with Crippen molar-refractivity contribution in [2.45, 2.75) is 72.6 Å². The molecule has 2 heteroatoms. The molecule has 0 aromatic heterocycles. The minimum atomic E-state index is 0.479. The molecule has 2 fully saturated rings. The van der Waals surface area contributed by atoms with E-state index in [2.05, 4.69) is 37.9 Å². The summed E-state index contributed by atoms with van der Waals surface area (Å²) in [7, 11) is 0. The molecular weight excluding hydrogens is 256 g/mol. The van der Waals surface area contributed by atoms with Gasteiger partial charge >= 0.3 is 0 Å². The normalized spacial score (nSPS) is 27.7. The molecule has 0 radical (unpaired) electrons. The van der Waals surface area contributed by atoms with Gasteiger partial charge in [0.2, 0.25) is 0 Å². The van der Waals surface area contributed by atoms with E-state index >= 15 is 0 Å². The van der Waals surface area contributed by atoms with E-state index in [1.54, 1.807) is 0 Å². The standard InChI is InChI=1S/C19H38N2/c1-5-20-15-19(11-8-6-7-9-12-19)16-21-13-10-17(14-21)18(2,3)4/h17,20H,5-16H2,1-4H3. The van der Waals surface area contributed by atoms with E-state index in [1.807, 2.05) is 0 Å². The first-order valence-corrected chi connectivity index (χ1v) is 9.38. The van der Waals surface area contributed by atoms with Crippen LogP contribution in [-0.2, 0) is 0 Å². The van der Waals surface area contributed by atoms with Crippen molar-refractivity contribution in [3.8, 4) is 0 Å². The zero-order valence-corrected chi connectivity index (χ0v) is 15.0. The Hall–Kier alpha value is -0.0800. The fourth-order valence-electron chi connectivity index (χ4n) is 4.42. The summed E-state index contributed by atoms with van der Waals surface area (Å²) in [6, 6.07) is 0. The molecule has 0 spiro atoms. The maximum Gasteiger partial charge on any atom is 0.00503 e. The van der Waals surface area contributed by atoms with Crippen LogP contribution in [0.1, 0.15) is 72.6 Å². The van der Waals surface area contributed by atoms with Crippen LogP contribution >= 0.6 is 0 Å². The molecule has 1 N–H and O–H groups in total. The Balaban J connectivity index is 1.95. The van der Waals surface area contributed by atoms with Gasteiger partial charge < -0.3 is 10.2 Å². The van der Waals surface area contributed by atoms with Gasteiger partial charge in [-0.15, -0.1) is 0 Å². The highest BCUT2D eigenvalue weighted by Gasteiger charge is 2.37. The van der Waals surface area contributed by atoms with E-state index in [0.717, 1.165) is 12.5 Å². The predicted octanol–water partition coefficient (Wildman–Crippen LogP) is 4.30. The molecule has 2 rings (SSSR count). The number of hydrogen-bond donors (Lipinski definition) is 1. The van der Waals surface area contributed by atoms with Crippen LogP contribution in [-0.4, -0.2) is 37.6 Å². The zero-order valence-electron chi connectivity index (χ0n) is 15.0. The minimum Gasteiger partial charge on any atom is -0.316 e. The van der Waals surface area contributed by atoms with Gasteiger partial charge in [-0.25, -0.2) is 0 Å². The molecule has 1 heterocycles. The fourth-order valence-corrected chi connectivity index (χ4v) is 4.42. The summed E-state index contributed by atoms with van der Waals surface area (Å²) in [5.41, 5.74) is 1.03. The Morgan fingerprint density at radius 3 is 2.29 bits per heavy atom. The summed E-state index contributed by atoms with van der Waals surface area (Å²) in [6.45, 7) is 15.9. The Morgan fingerprint density at radius 2 is 1.76 bits per heavy atom. The van der Waals surface area contributed by atoms with E-state index in [-0.39, 0.29) is 0 Å². The number of nitrogens with one attached hydrogen (secondary N) is 1. The third-order valence-corrected chi connectivity index (χ3v) is 5.97. The molecule has 1 saturated carbocycles. The van der Waals surface area contributed by atoms with Crippen LogP contribution in [0.2, 0.25) is 0 Å². The van der Waals surface area contributed by atoms with E-state index in [4.69, 9.17) is 0 Å². The molecule has 1 aliphatic heterocycles. The van der Waals surface area contributed by atoms with Gasteiger partial charge in [-0.3, -0.25) is 0 Å². The second-order valence-electron chi connectivity index (χ2n) is 8.78. The van der Waals surface area contributed by atoms with Crippen LogP contribution < -0.4 is 5.32 Å². The number of rotatable bonds is 5. The smallest absolute Gasteiger partial charge is 0.00503 e. The van der Waals surface area contributed by atoms with Gasteiger partial charge in [0.1, 0.15) is 0 Å². The van der Waals surface area contributed by atoms with E-state index in [9.17, 15) is 0 Å². The summed E-state index contributed by atoms with van der Waals surface area (Å²) in [5.74, 6) is 0.888. The average Bonchev–Trinajstić information content (AvgIpc) is 2.77. The van der Waals surface area contributed by atoms with Gasteiger partial charge in [0.05, 0.1) is 0 Å². The molecule has 1 atom stereocenters. The molecule has 2 nitrogen and oxygen atoms in total. The lowest BCUT2D eigenvalue weighted by atomic mass is 9.79. The monoisotopic (exact) mass is 294 g/mol. The van der Waals surface area contributed by atoms with Crippen molar-refractivity contribution in [3.05, 3.63) is 0 Å². The lowest BCUT2D eigenvalue weighted by molar-refractivity contribution is 0.134. The molecule has 124 valence electrons. The molecule has 21 heavy (non-hydrogen) atoms. The SMILES string of the molecule is CCNCC1(CN2CCC(C(C)(C)C)C2)CCCCCC1. The number of hydrogen-bond acceptors (Lipinski definition) is 2. The lowest BCUT2D eigenvalue weighted by Gasteiger charge is -2.37. The van der Waals surface area contributed by atoms with Crippen LogP contribution in [0.4, 0.5) is 0 Å². The summed E-state index contributed by atoms with van der Waals surface area (Å²) in [6.07, 6.45) is 10.1. The quantitative estimate of drug-likeness (QED) is 0.760. The summed E-state index contributed by atoms with van der Waals surface area (Å²) >= 11 is 0. The van der Waals surface area contributed by atoms with Crippen molar-refractivity contribution in [2.75, 3.05) is 32.7 Å². The Morgan fingerprint density at radius 1 is 1.10 bits per heavy atom. The van der Waals surface area contributed by atoms with Crippen LogP contribution in [0.25, 0.3) is 0 Å². The van der Waals surface area contributed by atoms with Crippen molar-refractivity contribution in [1.82, 2.24) is 10.2 Å². The molecule has 2 aliphatic rings. The maximum atomic E-state index is 3.68. The van der Waals surface area contributed by atoms with Crippen LogP contribution in [0, 0.1) is 16.7 Å². The Kier molecular flexibility index (Phi) is 6.14. The number of likely N-dealkylation sites (tertiary alicyclic amines) is 1. The number of nitrogens with zero attached hydrogens (tertiary/aromatic N) is 1. The third kappa shape index (κ3) is 4.96. The van der Waals surface area contributed by atoms with E-state index in [1.165, 1.54) is 71.1 Å². The molecule has 0 aromatic carbocycles. The van der Waals surface area contributed by atoms with Gasteiger partial charge in [-0.1, -0.05) is 53.4 Å². The van der Waals surface area contributed by atoms with Crippen molar-refractivity contribution < 1.29 is 0 Å². The van der Waals surface area contributed by atoms with Crippen LogP contribution in [0.3, 0.4) is 0 Å². The van der Waals surface area contributed by atoms with Crippen LogP contribution in [0.5, 0.6) is 0 Å². The summed E-state index contributed by atoms with van der Waals surface area (Å²) in [5, 5.41) is 3.68. The fraction of sp³-hybridized carbons (Fsp3) is 1.00. The molecule has 0 amide bonds.